The van der Waals surface area contributed by atoms with Crippen molar-refractivity contribution in [2.45, 2.75) is 21.9 Å². The highest BCUT2D eigenvalue weighted by molar-refractivity contribution is 7.99. The Morgan fingerprint density at radius 2 is 1.39 bits per heavy atom. The molecule has 2 nitrogen and oxygen atoms in total. The van der Waals surface area contributed by atoms with Gasteiger partial charge < -0.3 is 23.2 Å². The number of aliphatic hydroxyl groups excluding tert-OH is 1. The van der Waals surface area contributed by atoms with E-state index in [1.54, 1.807) is 11.8 Å². The quantitative estimate of drug-likeness (QED) is 0.662. The fraction of sp³-hybridized carbons (Fsp3) is 0.143. The third kappa shape index (κ3) is 2.15. The van der Waals surface area contributed by atoms with Gasteiger partial charge in [-0.1, -0.05) is 48.2 Å². The van der Waals surface area contributed by atoms with Crippen molar-refractivity contribution in [3.8, 4) is 0 Å². The van der Waals surface area contributed by atoms with Crippen LogP contribution < -0.4 is 18.1 Å². The largest absolute Gasteiger partial charge is 1.00 e. The number of aliphatic hydroxyl groups is 1. The van der Waals surface area contributed by atoms with Crippen LogP contribution in [0.2, 0.25) is 0 Å². The molecule has 0 saturated carbocycles. The molecule has 0 saturated heterocycles. The molecule has 0 spiro atoms. The van der Waals surface area contributed by atoms with Gasteiger partial charge in [0.1, 0.15) is 12.1 Å². The third-order valence-corrected chi connectivity index (χ3v) is 4.34. The summed E-state index contributed by atoms with van der Waals surface area (Å²) in [5.74, 6) is 0. The SMILES string of the molecule is [Cl-].[NH3+]C1c2ccccc2Sc2ccccc2C1O. The second-order valence-corrected chi connectivity index (χ2v) is 5.31. The minimum Gasteiger partial charge on any atom is -1.00 e. The lowest BCUT2D eigenvalue weighted by atomic mass is 9.97. The summed E-state index contributed by atoms with van der Waals surface area (Å²) >= 11 is 1.71. The number of hydrogen-bond acceptors (Lipinski definition) is 2. The molecule has 0 amide bonds. The van der Waals surface area contributed by atoms with E-state index in [1.165, 1.54) is 4.90 Å². The molecule has 1 aliphatic heterocycles. The highest BCUT2D eigenvalue weighted by Crippen LogP contribution is 2.43. The molecule has 0 bridgehead atoms. The minimum absolute atomic E-state index is 0. The summed E-state index contributed by atoms with van der Waals surface area (Å²) in [6.07, 6.45) is -0.526. The molecule has 2 atom stereocenters. The van der Waals surface area contributed by atoms with Crippen molar-refractivity contribution in [3.05, 3.63) is 59.7 Å². The summed E-state index contributed by atoms with van der Waals surface area (Å²) < 4.78 is 0. The van der Waals surface area contributed by atoms with E-state index < -0.39 is 6.10 Å². The number of hydrogen-bond donors (Lipinski definition) is 2. The van der Waals surface area contributed by atoms with Gasteiger partial charge in [0, 0.05) is 20.9 Å². The lowest BCUT2D eigenvalue weighted by Crippen LogP contribution is -3.00. The summed E-state index contributed by atoms with van der Waals surface area (Å²) in [7, 11) is 0. The van der Waals surface area contributed by atoms with E-state index in [4.69, 9.17) is 0 Å². The first kappa shape index (κ1) is 13.4. The van der Waals surface area contributed by atoms with Gasteiger partial charge in [-0.2, -0.15) is 0 Å². The van der Waals surface area contributed by atoms with Crippen LogP contribution in [0.4, 0.5) is 0 Å². The molecule has 0 aromatic heterocycles. The number of rotatable bonds is 0. The second-order valence-electron chi connectivity index (χ2n) is 4.23. The van der Waals surface area contributed by atoms with Gasteiger partial charge in [-0.3, -0.25) is 0 Å². The van der Waals surface area contributed by atoms with Crippen molar-refractivity contribution < 1.29 is 23.2 Å². The van der Waals surface area contributed by atoms with Crippen molar-refractivity contribution in [1.82, 2.24) is 0 Å². The van der Waals surface area contributed by atoms with E-state index in [0.29, 0.717) is 0 Å². The van der Waals surface area contributed by atoms with E-state index >= 15 is 0 Å². The number of fused-ring (bicyclic) bond motifs is 2. The average Bonchev–Trinajstić information content (AvgIpc) is 2.48. The zero-order chi connectivity index (χ0) is 11.8. The lowest BCUT2D eigenvalue weighted by molar-refractivity contribution is -0.447. The summed E-state index contributed by atoms with van der Waals surface area (Å²) in [5.41, 5.74) is 6.22. The Bertz CT molecular complexity index is 511. The molecule has 0 aliphatic carbocycles. The molecule has 3 rings (SSSR count). The number of quaternary nitrogens is 1. The van der Waals surface area contributed by atoms with Crippen LogP contribution in [0.5, 0.6) is 0 Å². The molecule has 2 unspecified atom stereocenters. The van der Waals surface area contributed by atoms with Crippen molar-refractivity contribution in [2.75, 3.05) is 0 Å². The van der Waals surface area contributed by atoms with E-state index in [0.717, 1.165) is 16.0 Å². The normalized spacial score (nSPS) is 21.2. The minimum atomic E-state index is -0.526. The second kappa shape index (κ2) is 5.33. The first-order valence-corrected chi connectivity index (χ1v) is 6.46. The molecule has 2 aromatic rings. The maximum atomic E-state index is 10.4. The third-order valence-electron chi connectivity index (χ3n) is 3.16. The van der Waals surface area contributed by atoms with Crippen molar-refractivity contribution >= 4 is 11.8 Å². The molecule has 4 N–H and O–H groups in total. The Kier molecular flexibility index (Phi) is 3.97. The molecule has 94 valence electrons. The first-order chi connectivity index (χ1) is 8.27. The highest BCUT2D eigenvalue weighted by Gasteiger charge is 2.29. The van der Waals surface area contributed by atoms with Gasteiger partial charge in [-0.25, -0.2) is 0 Å². The molecule has 2 aromatic carbocycles. The standard InChI is InChI=1S/C14H13NOS.ClH/c15-13-9-5-1-3-7-11(9)17-12-8-4-2-6-10(12)14(13)16;/h1-8,13-14,16H,15H2;1H. The van der Waals surface area contributed by atoms with Gasteiger partial charge in [-0.05, 0) is 12.1 Å². The lowest BCUT2D eigenvalue weighted by Gasteiger charge is -2.15. The molecule has 4 heteroatoms. The molecular weight excluding hydrogens is 266 g/mol. The van der Waals surface area contributed by atoms with E-state index in [2.05, 4.69) is 23.9 Å². The first-order valence-electron chi connectivity index (χ1n) is 5.64. The smallest absolute Gasteiger partial charge is 0.142 e. The Morgan fingerprint density at radius 3 is 2.06 bits per heavy atom. The van der Waals surface area contributed by atoms with Gasteiger partial charge in [0.25, 0.3) is 0 Å². The van der Waals surface area contributed by atoms with E-state index in [-0.39, 0.29) is 18.4 Å². The molecule has 1 heterocycles. The Morgan fingerprint density at radius 1 is 0.889 bits per heavy atom. The number of halogens is 1. The Labute approximate surface area is 117 Å². The molecular formula is C14H14ClNOS. The van der Waals surface area contributed by atoms with Crippen LogP contribution >= 0.6 is 11.8 Å². The van der Waals surface area contributed by atoms with Crippen LogP contribution in [0.25, 0.3) is 0 Å². The molecule has 1 aliphatic rings. The predicted molar refractivity (Wildman–Crippen MR) is 67.6 cm³/mol. The van der Waals surface area contributed by atoms with E-state index in [9.17, 15) is 5.11 Å². The summed E-state index contributed by atoms with van der Waals surface area (Å²) in [4.78, 5) is 2.31. The van der Waals surface area contributed by atoms with Crippen LogP contribution in [-0.4, -0.2) is 5.11 Å². The zero-order valence-electron chi connectivity index (χ0n) is 9.71. The predicted octanol–water partition coefficient (Wildman–Crippen LogP) is -0.828. The van der Waals surface area contributed by atoms with Gasteiger partial charge in [0.05, 0.1) is 0 Å². The topological polar surface area (TPSA) is 47.9 Å². The number of benzene rings is 2. The van der Waals surface area contributed by atoms with Gasteiger partial charge in [-0.15, -0.1) is 0 Å². The maximum absolute atomic E-state index is 10.4. The van der Waals surface area contributed by atoms with Crippen LogP contribution in [0.15, 0.2) is 58.3 Å². The average molecular weight is 280 g/mol. The van der Waals surface area contributed by atoms with Crippen molar-refractivity contribution in [3.63, 3.8) is 0 Å². The van der Waals surface area contributed by atoms with Gasteiger partial charge in [0.15, 0.2) is 0 Å². The summed E-state index contributed by atoms with van der Waals surface area (Å²) in [6.45, 7) is 0. The van der Waals surface area contributed by atoms with Crippen LogP contribution in [0, 0.1) is 0 Å². The monoisotopic (exact) mass is 279 g/mol. The van der Waals surface area contributed by atoms with Crippen LogP contribution in [0.3, 0.4) is 0 Å². The summed E-state index contributed by atoms with van der Waals surface area (Å²) in [6, 6.07) is 16.1. The van der Waals surface area contributed by atoms with Crippen LogP contribution in [0.1, 0.15) is 23.3 Å². The van der Waals surface area contributed by atoms with Crippen molar-refractivity contribution in [1.29, 1.82) is 0 Å². The maximum Gasteiger partial charge on any atom is 0.142 e. The van der Waals surface area contributed by atoms with Gasteiger partial charge in [0.2, 0.25) is 0 Å². The molecule has 18 heavy (non-hydrogen) atoms. The van der Waals surface area contributed by atoms with Crippen LogP contribution in [-0.2, 0) is 0 Å². The Balaban J connectivity index is 0.00000120. The molecule has 0 radical (unpaired) electrons. The fourth-order valence-electron chi connectivity index (χ4n) is 2.20. The Hall–Kier alpha value is -1.00. The van der Waals surface area contributed by atoms with E-state index in [1.807, 2.05) is 30.3 Å². The van der Waals surface area contributed by atoms with Crippen molar-refractivity contribution in [2.24, 2.45) is 0 Å². The summed E-state index contributed by atoms with van der Waals surface area (Å²) in [5, 5.41) is 10.4. The zero-order valence-corrected chi connectivity index (χ0v) is 11.3. The van der Waals surface area contributed by atoms with Gasteiger partial charge >= 0.3 is 0 Å². The fourth-order valence-corrected chi connectivity index (χ4v) is 3.38. The molecule has 0 fully saturated rings. The highest BCUT2D eigenvalue weighted by atomic mass is 35.5.